The average Bonchev–Trinajstić information content (AvgIpc) is 2.49. The molecule has 1 amide bonds. The lowest BCUT2D eigenvalue weighted by atomic mass is 10.0. The lowest BCUT2D eigenvalue weighted by Crippen LogP contribution is -2.12. The van der Waals surface area contributed by atoms with Gasteiger partial charge in [0.15, 0.2) is 5.78 Å². The molecule has 0 radical (unpaired) electrons. The van der Waals surface area contributed by atoms with Crippen molar-refractivity contribution in [2.24, 2.45) is 0 Å². The largest absolute Gasteiger partial charge is 0.507 e. The number of carbonyl (C=O) groups is 2. The van der Waals surface area contributed by atoms with Crippen molar-refractivity contribution < 1.29 is 19.4 Å². The number of carbonyl (C=O) groups excluding carboxylic acids is 2. The van der Waals surface area contributed by atoms with E-state index in [9.17, 15) is 14.7 Å². The molecule has 2 aromatic carbocycles. The average molecular weight is 364 g/mol. The zero-order valence-corrected chi connectivity index (χ0v) is 13.6. The Morgan fingerprint density at radius 1 is 1.18 bits per heavy atom. The van der Waals surface area contributed by atoms with Crippen LogP contribution in [0.4, 0.5) is 5.69 Å². The van der Waals surface area contributed by atoms with E-state index in [2.05, 4.69) is 21.2 Å². The minimum Gasteiger partial charge on any atom is -0.507 e. The van der Waals surface area contributed by atoms with Crippen LogP contribution in [0.25, 0.3) is 0 Å². The first-order valence-corrected chi connectivity index (χ1v) is 7.20. The van der Waals surface area contributed by atoms with Crippen molar-refractivity contribution >= 4 is 33.3 Å². The van der Waals surface area contributed by atoms with E-state index >= 15 is 0 Å². The SMILES string of the molecule is COc1ccc(C(=O)c2cc(Br)c(O)cc2NC(C)=O)cc1. The molecule has 0 atom stereocenters. The summed E-state index contributed by atoms with van der Waals surface area (Å²) >= 11 is 3.18. The van der Waals surface area contributed by atoms with Gasteiger partial charge >= 0.3 is 0 Å². The van der Waals surface area contributed by atoms with Crippen LogP contribution in [0.1, 0.15) is 22.8 Å². The van der Waals surface area contributed by atoms with Gasteiger partial charge in [-0.25, -0.2) is 0 Å². The Morgan fingerprint density at radius 3 is 2.36 bits per heavy atom. The van der Waals surface area contributed by atoms with Gasteiger partial charge in [-0.3, -0.25) is 9.59 Å². The van der Waals surface area contributed by atoms with Gasteiger partial charge in [-0.15, -0.1) is 0 Å². The molecule has 0 aliphatic carbocycles. The number of nitrogens with one attached hydrogen (secondary N) is 1. The number of methoxy groups -OCH3 is 1. The molecule has 0 fully saturated rings. The normalized spacial score (nSPS) is 10.1. The maximum Gasteiger partial charge on any atom is 0.221 e. The summed E-state index contributed by atoms with van der Waals surface area (Å²) in [6, 6.07) is 9.45. The zero-order chi connectivity index (χ0) is 16.3. The molecule has 0 saturated heterocycles. The third-order valence-electron chi connectivity index (χ3n) is 2.99. The Bertz CT molecular complexity index is 726. The molecular weight excluding hydrogens is 350 g/mol. The van der Waals surface area contributed by atoms with Crippen molar-refractivity contribution in [2.45, 2.75) is 6.92 Å². The van der Waals surface area contributed by atoms with Crippen LogP contribution in [0.3, 0.4) is 0 Å². The van der Waals surface area contributed by atoms with Crippen molar-refractivity contribution in [2.75, 3.05) is 12.4 Å². The number of ketones is 1. The summed E-state index contributed by atoms with van der Waals surface area (Å²) in [6.07, 6.45) is 0. The predicted octanol–water partition coefficient (Wildman–Crippen LogP) is 3.35. The number of ether oxygens (including phenoxy) is 1. The lowest BCUT2D eigenvalue weighted by Gasteiger charge is -2.11. The third-order valence-corrected chi connectivity index (χ3v) is 3.63. The summed E-state index contributed by atoms with van der Waals surface area (Å²) < 4.78 is 5.43. The molecule has 0 heterocycles. The minimum atomic E-state index is -0.328. The summed E-state index contributed by atoms with van der Waals surface area (Å²) in [5.74, 6) is -0.0156. The third kappa shape index (κ3) is 3.46. The van der Waals surface area contributed by atoms with E-state index in [1.165, 1.54) is 19.1 Å². The minimum absolute atomic E-state index is 0.0602. The molecule has 2 rings (SSSR count). The molecule has 0 bridgehead atoms. The second kappa shape index (κ2) is 6.62. The predicted molar refractivity (Wildman–Crippen MR) is 86.5 cm³/mol. The van der Waals surface area contributed by atoms with Crippen LogP contribution >= 0.6 is 15.9 Å². The van der Waals surface area contributed by atoms with Crippen LogP contribution in [0.15, 0.2) is 40.9 Å². The molecule has 0 spiro atoms. The number of rotatable bonds is 4. The van der Waals surface area contributed by atoms with E-state index < -0.39 is 0 Å². The van der Waals surface area contributed by atoms with Crippen LogP contribution < -0.4 is 10.1 Å². The van der Waals surface area contributed by atoms with Crippen molar-refractivity contribution in [1.29, 1.82) is 0 Å². The molecule has 114 valence electrons. The Kier molecular flexibility index (Phi) is 4.82. The van der Waals surface area contributed by atoms with Crippen molar-refractivity contribution in [1.82, 2.24) is 0 Å². The fourth-order valence-electron chi connectivity index (χ4n) is 1.94. The van der Waals surface area contributed by atoms with Crippen LogP contribution in [0, 0.1) is 0 Å². The van der Waals surface area contributed by atoms with E-state index in [4.69, 9.17) is 4.74 Å². The number of halogens is 1. The van der Waals surface area contributed by atoms with Gasteiger partial charge in [-0.2, -0.15) is 0 Å². The smallest absolute Gasteiger partial charge is 0.221 e. The zero-order valence-electron chi connectivity index (χ0n) is 12.0. The van der Waals surface area contributed by atoms with E-state index in [0.29, 0.717) is 15.8 Å². The molecule has 6 heteroatoms. The van der Waals surface area contributed by atoms with Gasteiger partial charge in [0.25, 0.3) is 0 Å². The number of anilines is 1. The van der Waals surface area contributed by atoms with E-state index in [0.717, 1.165) is 0 Å². The first-order chi connectivity index (χ1) is 10.4. The second-order valence-corrected chi connectivity index (χ2v) is 5.44. The van der Waals surface area contributed by atoms with E-state index in [-0.39, 0.29) is 28.7 Å². The number of benzene rings is 2. The molecule has 2 N–H and O–H groups in total. The first kappa shape index (κ1) is 16.0. The number of hydrogen-bond acceptors (Lipinski definition) is 4. The summed E-state index contributed by atoms with van der Waals surface area (Å²) in [6.45, 7) is 1.33. The highest BCUT2D eigenvalue weighted by atomic mass is 79.9. The number of phenols is 1. The summed E-state index contributed by atoms with van der Waals surface area (Å²) in [5, 5.41) is 12.3. The molecule has 0 aliphatic heterocycles. The quantitative estimate of drug-likeness (QED) is 0.816. The van der Waals surface area contributed by atoms with Crippen LogP contribution in [0.2, 0.25) is 0 Å². The summed E-state index contributed by atoms with van der Waals surface area (Å²) in [4.78, 5) is 23.9. The number of aromatic hydroxyl groups is 1. The van der Waals surface area contributed by atoms with Crippen molar-refractivity contribution in [3.05, 3.63) is 52.0 Å². The fourth-order valence-corrected chi connectivity index (χ4v) is 2.28. The monoisotopic (exact) mass is 363 g/mol. The molecule has 0 aliphatic rings. The Hall–Kier alpha value is -2.34. The maximum atomic E-state index is 12.6. The summed E-state index contributed by atoms with van der Waals surface area (Å²) in [5.41, 5.74) is 0.990. The first-order valence-electron chi connectivity index (χ1n) is 6.41. The highest BCUT2D eigenvalue weighted by molar-refractivity contribution is 9.10. The molecule has 2 aromatic rings. The number of amides is 1. The van der Waals surface area contributed by atoms with Gasteiger partial charge in [-0.05, 0) is 46.3 Å². The van der Waals surface area contributed by atoms with Gasteiger partial charge in [0.05, 0.1) is 17.3 Å². The van der Waals surface area contributed by atoms with Gasteiger partial charge < -0.3 is 15.2 Å². The number of hydrogen-bond donors (Lipinski definition) is 2. The Labute approximate surface area is 136 Å². The second-order valence-electron chi connectivity index (χ2n) is 4.59. The molecular formula is C16H14BrNO4. The highest BCUT2D eigenvalue weighted by Gasteiger charge is 2.17. The topological polar surface area (TPSA) is 75.6 Å². The van der Waals surface area contributed by atoms with Crippen LogP contribution in [-0.4, -0.2) is 23.9 Å². The van der Waals surface area contributed by atoms with Gasteiger partial charge in [0.1, 0.15) is 11.5 Å². The van der Waals surface area contributed by atoms with Crippen molar-refractivity contribution in [3.8, 4) is 11.5 Å². The Morgan fingerprint density at radius 2 is 1.82 bits per heavy atom. The highest BCUT2D eigenvalue weighted by Crippen LogP contribution is 2.32. The number of phenolic OH excluding ortho intramolecular Hbond substituents is 1. The van der Waals surface area contributed by atoms with Crippen molar-refractivity contribution in [3.63, 3.8) is 0 Å². The fraction of sp³-hybridized carbons (Fsp3) is 0.125. The molecule has 22 heavy (non-hydrogen) atoms. The standard InChI is InChI=1S/C16H14BrNO4/c1-9(19)18-14-8-15(20)13(17)7-12(14)16(21)10-3-5-11(22-2)6-4-10/h3-8,20H,1-2H3,(H,18,19). The summed E-state index contributed by atoms with van der Waals surface area (Å²) in [7, 11) is 1.54. The van der Waals surface area contributed by atoms with Gasteiger partial charge in [0.2, 0.25) is 5.91 Å². The van der Waals surface area contributed by atoms with Gasteiger partial charge in [-0.1, -0.05) is 0 Å². The van der Waals surface area contributed by atoms with Gasteiger partial charge in [0, 0.05) is 24.1 Å². The lowest BCUT2D eigenvalue weighted by molar-refractivity contribution is -0.114. The van der Waals surface area contributed by atoms with Crippen LogP contribution in [0.5, 0.6) is 11.5 Å². The van der Waals surface area contributed by atoms with Crippen LogP contribution in [-0.2, 0) is 4.79 Å². The molecule has 0 unspecified atom stereocenters. The molecule has 0 saturated carbocycles. The molecule has 0 aromatic heterocycles. The molecule has 5 nitrogen and oxygen atoms in total. The van der Waals surface area contributed by atoms with E-state index in [1.54, 1.807) is 31.4 Å². The van der Waals surface area contributed by atoms with E-state index in [1.807, 2.05) is 0 Å². The Balaban J connectivity index is 2.46. The maximum absolute atomic E-state index is 12.6.